The lowest BCUT2D eigenvalue weighted by molar-refractivity contribution is 0.394. The summed E-state index contributed by atoms with van der Waals surface area (Å²) in [5.74, 6) is 0. The molecule has 5 nitrogen and oxygen atoms in total. The van der Waals surface area contributed by atoms with E-state index in [1.54, 1.807) is 27.9 Å². The third-order valence-corrected chi connectivity index (χ3v) is 6.54. The van der Waals surface area contributed by atoms with Crippen molar-refractivity contribution in [1.82, 2.24) is 14.6 Å². The van der Waals surface area contributed by atoms with E-state index >= 15 is 0 Å². The molecule has 0 saturated carbocycles. The zero-order valence-corrected chi connectivity index (χ0v) is 13.6. The number of H-pyrrole nitrogens is 1. The number of aromatic nitrogens is 1. The number of rotatable bonds is 5. The van der Waals surface area contributed by atoms with Crippen molar-refractivity contribution in [2.24, 2.45) is 0 Å². The minimum atomic E-state index is -3.41. The van der Waals surface area contributed by atoms with E-state index in [0.717, 1.165) is 24.2 Å². The van der Waals surface area contributed by atoms with E-state index in [2.05, 4.69) is 10.3 Å². The molecule has 3 rings (SSSR count). The van der Waals surface area contributed by atoms with Crippen LogP contribution in [-0.4, -0.2) is 30.8 Å². The Morgan fingerprint density at radius 2 is 2.33 bits per heavy atom. The van der Waals surface area contributed by atoms with E-state index in [-0.39, 0.29) is 0 Å². The minimum absolute atomic E-state index is 0.356. The van der Waals surface area contributed by atoms with Gasteiger partial charge in [0.25, 0.3) is 0 Å². The van der Waals surface area contributed by atoms with Gasteiger partial charge < -0.3 is 10.3 Å². The Morgan fingerprint density at radius 1 is 1.48 bits per heavy atom. The maximum Gasteiger partial charge on any atom is 0.244 e. The van der Waals surface area contributed by atoms with Crippen LogP contribution in [0.2, 0.25) is 0 Å². The average Bonchev–Trinajstić information content (AvgIpc) is 3.13. The van der Waals surface area contributed by atoms with Crippen LogP contribution in [0, 0.1) is 0 Å². The molecule has 1 aliphatic rings. The molecule has 0 saturated heterocycles. The van der Waals surface area contributed by atoms with Crippen molar-refractivity contribution < 1.29 is 8.42 Å². The Kier molecular flexibility index (Phi) is 4.17. The first kappa shape index (κ1) is 14.8. The lowest BCUT2D eigenvalue weighted by Crippen LogP contribution is -2.35. The van der Waals surface area contributed by atoms with Crippen molar-refractivity contribution in [2.45, 2.75) is 31.3 Å². The lowest BCUT2D eigenvalue weighted by Gasteiger charge is -2.25. The van der Waals surface area contributed by atoms with E-state index in [9.17, 15) is 8.42 Å². The first-order chi connectivity index (χ1) is 10.1. The second-order valence-corrected chi connectivity index (χ2v) is 8.04. The minimum Gasteiger partial charge on any atom is -0.363 e. The van der Waals surface area contributed by atoms with Crippen molar-refractivity contribution >= 4 is 21.4 Å². The highest BCUT2D eigenvalue weighted by molar-refractivity contribution is 7.89. The molecule has 2 aromatic heterocycles. The Balaban J connectivity index is 1.79. The Bertz CT molecular complexity index is 718. The van der Waals surface area contributed by atoms with Crippen molar-refractivity contribution in [3.63, 3.8) is 0 Å². The second kappa shape index (κ2) is 5.92. The Labute approximate surface area is 129 Å². The molecule has 1 aliphatic heterocycles. The fourth-order valence-electron chi connectivity index (χ4n) is 2.51. The molecule has 0 radical (unpaired) electrons. The standard InChI is InChI=1S/C14H19N3O2S2/c1-2-15-8-12-7-13(9-16-12)21(18,19)17-5-3-14-11(10-17)4-6-20-14/h4,6-7,9,15-16H,2-3,5,8,10H2,1H3. The zero-order chi connectivity index (χ0) is 14.9. The number of hydrogen-bond acceptors (Lipinski definition) is 4. The van der Waals surface area contributed by atoms with E-state index in [4.69, 9.17) is 0 Å². The van der Waals surface area contributed by atoms with Gasteiger partial charge in [0, 0.05) is 36.4 Å². The first-order valence-corrected chi connectivity index (χ1v) is 9.36. The topological polar surface area (TPSA) is 65.2 Å². The van der Waals surface area contributed by atoms with E-state index in [1.165, 1.54) is 4.88 Å². The molecule has 0 aliphatic carbocycles. The van der Waals surface area contributed by atoms with Gasteiger partial charge in [-0.3, -0.25) is 0 Å². The maximum absolute atomic E-state index is 12.7. The number of nitrogens with one attached hydrogen (secondary N) is 2. The SMILES string of the molecule is CCNCc1cc(S(=O)(=O)N2CCc3sccc3C2)c[nH]1. The first-order valence-electron chi connectivity index (χ1n) is 7.04. The number of sulfonamides is 1. The molecule has 21 heavy (non-hydrogen) atoms. The smallest absolute Gasteiger partial charge is 0.244 e. The van der Waals surface area contributed by atoms with Gasteiger partial charge in [0.1, 0.15) is 0 Å². The summed E-state index contributed by atoms with van der Waals surface area (Å²) in [4.78, 5) is 4.70. The van der Waals surface area contributed by atoms with E-state index in [0.29, 0.717) is 24.5 Å². The van der Waals surface area contributed by atoms with Crippen LogP contribution in [0.5, 0.6) is 0 Å². The highest BCUT2D eigenvalue weighted by Gasteiger charge is 2.29. The summed E-state index contributed by atoms with van der Waals surface area (Å²) in [6.45, 7) is 4.57. The van der Waals surface area contributed by atoms with Crippen LogP contribution < -0.4 is 5.32 Å². The van der Waals surface area contributed by atoms with Crippen LogP contribution in [0.3, 0.4) is 0 Å². The Hall–Kier alpha value is -1.15. The van der Waals surface area contributed by atoms with Crippen LogP contribution in [0.4, 0.5) is 0 Å². The molecule has 0 aromatic carbocycles. The monoisotopic (exact) mass is 325 g/mol. The molecular weight excluding hydrogens is 306 g/mol. The molecule has 0 bridgehead atoms. The normalized spacial score (nSPS) is 16.0. The molecule has 0 atom stereocenters. The largest absolute Gasteiger partial charge is 0.363 e. The lowest BCUT2D eigenvalue weighted by atomic mass is 10.1. The number of fused-ring (bicyclic) bond motifs is 1. The second-order valence-electron chi connectivity index (χ2n) is 5.10. The number of hydrogen-bond donors (Lipinski definition) is 2. The van der Waals surface area contributed by atoms with E-state index < -0.39 is 10.0 Å². The van der Waals surface area contributed by atoms with Gasteiger partial charge in [-0.1, -0.05) is 6.92 Å². The summed E-state index contributed by atoms with van der Waals surface area (Å²) >= 11 is 1.71. The van der Waals surface area contributed by atoms with Crippen LogP contribution in [0.25, 0.3) is 0 Å². The summed E-state index contributed by atoms with van der Waals surface area (Å²) < 4.78 is 27.0. The quantitative estimate of drug-likeness (QED) is 0.883. The maximum atomic E-state index is 12.7. The van der Waals surface area contributed by atoms with Gasteiger partial charge in [0.2, 0.25) is 10.0 Å². The van der Waals surface area contributed by atoms with Gasteiger partial charge >= 0.3 is 0 Å². The molecular formula is C14H19N3O2S2. The zero-order valence-electron chi connectivity index (χ0n) is 11.9. The molecule has 0 spiro atoms. The average molecular weight is 325 g/mol. The van der Waals surface area contributed by atoms with Gasteiger partial charge in [-0.25, -0.2) is 8.42 Å². The summed E-state index contributed by atoms with van der Waals surface area (Å²) in [5.41, 5.74) is 2.03. The van der Waals surface area contributed by atoms with Crippen LogP contribution in [0.15, 0.2) is 28.6 Å². The van der Waals surface area contributed by atoms with Gasteiger partial charge in [0.05, 0.1) is 4.90 Å². The summed E-state index contributed by atoms with van der Waals surface area (Å²) in [7, 11) is -3.41. The van der Waals surface area contributed by atoms with Crippen molar-refractivity contribution in [2.75, 3.05) is 13.1 Å². The van der Waals surface area contributed by atoms with Crippen LogP contribution in [0.1, 0.15) is 23.1 Å². The summed E-state index contributed by atoms with van der Waals surface area (Å²) in [5, 5.41) is 5.21. The molecule has 0 amide bonds. The van der Waals surface area contributed by atoms with Crippen molar-refractivity contribution in [1.29, 1.82) is 0 Å². The third kappa shape index (κ3) is 2.91. The molecule has 0 unspecified atom stereocenters. The van der Waals surface area contributed by atoms with Gasteiger partial charge in [-0.05, 0) is 36.0 Å². The van der Waals surface area contributed by atoms with Crippen LogP contribution >= 0.6 is 11.3 Å². The van der Waals surface area contributed by atoms with Crippen molar-refractivity contribution in [3.8, 4) is 0 Å². The number of aromatic amines is 1. The number of thiophene rings is 1. The van der Waals surface area contributed by atoms with Gasteiger partial charge in [-0.2, -0.15) is 4.31 Å². The Morgan fingerprint density at radius 3 is 3.14 bits per heavy atom. The summed E-state index contributed by atoms with van der Waals surface area (Å²) in [6.07, 6.45) is 2.39. The molecule has 2 N–H and O–H groups in total. The van der Waals surface area contributed by atoms with Gasteiger partial charge in [0.15, 0.2) is 0 Å². The predicted octanol–water partition coefficient (Wildman–Crippen LogP) is 1.93. The number of nitrogens with zero attached hydrogens (tertiary/aromatic N) is 1. The highest BCUT2D eigenvalue weighted by atomic mass is 32.2. The third-order valence-electron chi connectivity index (χ3n) is 3.69. The van der Waals surface area contributed by atoms with E-state index in [1.807, 2.05) is 18.4 Å². The predicted molar refractivity (Wildman–Crippen MR) is 83.8 cm³/mol. The molecule has 2 aromatic rings. The molecule has 114 valence electrons. The fourth-order valence-corrected chi connectivity index (χ4v) is 4.83. The summed E-state index contributed by atoms with van der Waals surface area (Å²) in [6, 6.07) is 3.75. The van der Waals surface area contributed by atoms with Gasteiger partial charge in [-0.15, -0.1) is 11.3 Å². The highest BCUT2D eigenvalue weighted by Crippen LogP contribution is 2.28. The van der Waals surface area contributed by atoms with Crippen LogP contribution in [-0.2, 0) is 29.5 Å². The molecule has 7 heteroatoms. The molecule has 3 heterocycles. The fraction of sp³-hybridized carbons (Fsp3) is 0.429. The molecule has 0 fully saturated rings. The van der Waals surface area contributed by atoms with Crippen molar-refractivity contribution in [3.05, 3.63) is 39.8 Å².